The molecule has 0 saturated heterocycles. The Morgan fingerprint density at radius 3 is 1.06 bits per heavy atom. The molecule has 0 spiro atoms. The highest BCUT2D eigenvalue weighted by Gasteiger charge is 2.25. The van der Waals surface area contributed by atoms with E-state index in [2.05, 4.69) is 223 Å². The minimum atomic E-state index is 0.593. The highest BCUT2D eigenvalue weighted by molar-refractivity contribution is 6.15. The molecule has 4 nitrogen and oxygen atoms in total. The Bertz CT molecular complexity index is 3520. The minimum Gasteiger partial charge on any atom is -0.307 e. The van der Waals surface area contributed by atoms with Crippen LogP contribution in [-0.4, -0.2) is 19.5 Å². The van der Waals surface area contributed by atoms with E-state index in [1.165, 1.54) is 21.9 Å². The van der Waals surface area contributed by atoms with Gasteiger partial charge in [0.2, 0.25) is 0 Å². The maximum absolute atomic E-state index is 5.29. The number of fused-ring (bicyclic) bond motifs is 3. The molecule has 0 fully saturated rings. The van der Waals surface area contributed by atoms with Crippen LogP contribution in [0.1, 0.15) is 0 Å². The molecule has 67 heavy (non-hydrogen) atoms. The number of hydrogen-bond acceptors (Lipinski definition) is 3. The largest absolute Gasteiger partial charge is 0.307 e. The molecule has 2 aromatic heterocycles. The average molecular weight is 855 g/mol. The van der Waals surface area contributed by atoms with Gasteiger partial charge in [-0.15, -0.1) is 0 Å². The Balaban J connectivity index is 1.20. The number of para-hydroxylation sites is 2. The van der Waals surface area contributed by atoms with Gasteiger partial charge in [0, 0.05) is 44.2 Å². The molecule has 0 radical (unpaired) electrons. The summed E-state index contributed by atoms with van der Waals surface area (Å²) in [5, 5.41) is 2.38. The molecule has 0 N–H and O–H groups in total. The van der Waals surface area contributed by atoms with Gasteiger partial charge in [-0.1, -0.05) is 237 Å². The van der Waals surface area contributed by atoms with Crippen molar-refractivity contribution in [3.05, 3.63) is 255 Å². The number of hydrogen-bond donors (Lipinski definition) is 0. The number of rotatable bonds is 9. The van der Waals surface area contributed by atoms with E-state index in [-0.39, 0.29) is 0 Å². The Kier molecular flexibility index (Phi) is 10.2. The summed E-state index contributed by atoms with van der Waals surface area (Å²) < 4.78 is 2.51. The van der Waals surface area contributed by atoms with Crippen LogP contribution >= 0.6 is 0 Å². The van der Waals surface area contributed by atoms with Crippen molar-refractivity contribution in [1.29, 1.82) is 0 Å². The maximum atomic E-state index is 5.29. The first kappa shape index (κ1) is 39.6. The molecule has 4 heteroatoms. The third-order valence-electron chi connectivity index (χ3n) is 12.7. The van der Waals surface area contributed by atoms with Crippen molar-refractivity contribution < 1.29 is 0 Å². The van der Waals surface area contributed by atoms with E-state index >= 15 is 0 Å². The van der Waals surface area contributed by atoms with E-state index in [1.54, 1.807) is 0 Å². The highest BCUT2D eigenvalue weighted by Crippen LogP contribution is 2.46. The van der Waals surface area contributed by atoms with Gasteiger partial charge in [-0.05, 0) is 57.1 Å². The van der Waals surface area contributed by atoms with Crippen molar-refractivity contribution in [2.75, 3.05) is 0 Å². The second-order valence-electron chi connectivity index (χ2n) is 16.8. The Hall–Kier alpha value is -8.99. The summed E-state index contributed by atoms with van der Waals surface area (Å²) in [5.41, 5.74) is 17.3. The summed E-state index contributed by atoms with van der Waals surface area (Å²) in [4.78, 5) is 15.7. The maximum Gasteiger partial charge on any atom is 0.164 e. The summed E-state index contributed by atoms with van der Waals surface area (Å²) in [6.45, 7) is 0. The first-order chi connectivity index (χ1) is 33.2. The third-order valence-corrected chi connectivity index (χ3v) is 12.7. The van der Waals surface area contributed by atoms with E-state index in [0.717, 1.165) is 77.9 Å². The van der Waals surface area contributed by atoms with Gasteiger partial charge < -0.3 is 4.57 Å². The molecule has 0 saturated carbocycles. The Labute approximate surface area is 389 Å². The van der Waals surface area contributed by atoms with Crippen LogP contribution in [0.2, 0.25) is 0 Å². The molecular formula is C63H42N4. The van der Waals surface area contributed by atoms with Gasteiger partial charge in [0.1, 0.15) is 0 Å². The van der Waals surface area contributed by atoms with E-state index in [4.69, 9.17) is 15.0 Å². The lowest BCUT2D eigenvalue weighted by atomic mass is 9.90. The molecule has 12 rings (SSSR count). The molecule has 0 bridgehead atoms. The molecule has 10 aromatic carbocycles. The highest BCUT2D eigenvalue weighted by atomic mass is 15.0. The summed E-state index contributed by atoms with van der Waals surface area (Å²) in [6.07, 6.45) is 0. The summed E-state index contributed by atoms with van der Waals surface area (Å²) in [6, 6.07) is 90.4. The molecule has 0 aliphatic rings. The first-order valence-electron chi connectivity index (χ1n) is 22.7. The van der Waals surface area contributed by atoms with E-state index < -0.39 is 0 Å². The third kappa shape index (κ3) is 7.47. The van der Waals surface area contributed by atoms with Gasteiger partial charge in [0.15, 0.2) is 17.5 Å². The monoisotopic (exact) mass is 854 g/mol. The van der Waals surface area contributed by atoms with Gasteiger partial charge in [0.05, 0.1) is 16.7 Å². The van der Waals surface area contributed by atoms with Crippen LogP contribution in [0.25, 0.3) is 117 Å². The van der Waals surface area contributed by atoms with E-state index in [9.17, 15) is 0 Å². The SMILES string of the molecule is c1ccc(-c2ccc(-c3cc(-c4nc(-c5ccccc5)nc(-c5ccccc5)n4)cc(-c4ccc(-c5ccccc5)cc4)c3-n3c4ccccc4c4cccc(-c5ccccc5)c43)cc2)cc1. The van der Waals surface area contributed by atoms with Gasteiger partial charge >= 0.3 is 0 Å². The molecule has 314 valence electrons. The van der Waals surface area contributed by atoms with Gasteiger partial charge in [-0.25, -0.2) is 15.0 Å². The lowest BCUT2D eigenvalue weighted by Gasteiger charge is -2.22. The average Bonchev–Trinajstić information content (AvgIpc) is 3.76. The first-order valence-corrected chi connectivity index (χ1v) is 22.7. The van der Waals surface area contributed by atoms with Crippen molar-refractivity contribution >= 4 is 21.8 Å². The van der Waals surface area contributed by atoms with Crippen LogP contribution in [0.5, 0.6) is 0 Å². The Morgan fingerprint density at radius 2 is 0.582 bits per heavy atom. The van der Waals surface area contributed by atoms with E-state index in [0.29, 0.717) is 17.5 Å². The van der Waals surface area contributed by atoms with Crippen molar-refractivity contribution in [2.45, 2.75) is 0 Å². The van der Waals surface area contributed by atoms with Crippen LogP contribution in [0.3, 0.4) is 0 Å². The molecular weight excluding hydrogens is 813 g/mol. The topological polar surface area (TPSA) is 43.6 Å². The molecule has 0 unspecified atom stereocenters. The fourth-order valence-corrected chi connectivity index (χ4v) is 9.43. The number of benzene rings is 10. The normalized spacial score (nSPS) is 11.3. The summed E-state index contributed by atoms with van der Waals surface area (Å²) >= 11 is 0. The molecule has 0 atom stereocenters. The zero-order chi connectivity index (χ0) is 44.5. The molecule has 2 heterocycles. The second-order valence-corrected chi connectivity index (χ2v) is 16.8. The van der Waals surface area contributed by atoms with Crippen LogP contribution in [0.4, 0.5) is 0 Å². The molecule has 0 amide bonds. The zero-order valence-electron chi connectivity index (χ0n) is 36.5. The minimum absolute atomic E-state index is 0.593. The summed E-state index contributed by atoms with van der Waals surface area (Å²) in [5.74, 6) is 1.83. The molecule has 0 aliphatic carbocycles. The quantitative estimate of drug-likeness (QED) is 0.145. The Morgan fingerprint density at radius 1 is 0.239 bits per heavy atom. The van der Waals surface area contributed by atoms with Crippen LogP contribution in [0, 0.1) is 0 Å². The lowest BCUT2D eigenvalue weighted by molar-refractivity contribution is 1.07. The standard InChI is InChI=1S/C63H42N4/c1-6-19-43(20-7-1)45-33-37-48(38-34-45)56-41-52(63-65-61(50-25-12-4-13-26-50)64-62(66-63)51-27-14-5-15-28-51)42-57(49-39-35-46(36-40-49)44-21-8-2-9-22-44)60(56)67-58-32-17-16-29-54(58)55-31-18-30-53(59(55)67)47-23-10-3-11-24-47/h1-42H. The van der Waals surface area contributed by atoms with Crippen LogP contribution in [-0.2, 0) is 0 Å². The lowest BCUT2D eigenvalue weighted by Crippen LogP contribution is -2.04. The molecule has 0 aliphatic heterocycles. The molecule has 12 aromatic rings. The second kappa shape index (κ2) is 17.2. The van der Waals surface area contributed by atoms with Crippen LogP contribution in [0.15, 0.2) is 255 Å². The fourth-order valence-electron chi connectivity index (χ4n) is 9.43. The number of nitrogens with zero attached hydrogens (tertiary/aromatic N) is 4. The van der Waals surface area contributed by atoms with Gasteiger partial charge in [-0.3, -0.25) is 0 Å². The van der Waals surface area contributed by atoms with Crippen molar-refractivity contribution in [3.8, 4) is 95.5 Å². The van der Waals surface area contributed by atoms with Gasteiger partial charge in [0.25, 0.3) is 0 Å². The van der Waals surface area contributed by atoms with Crippen molar-refractivity contribution in [2.24, 2.45) is 0 Å². The van der Waals surface area contributed by atoms with Crippen LogP contribution < -0.4 is 0 Å². The summed E-state index contributed by atoms with van der Waals surface area (Å²) in [7, 11) is 0. The van der Waals surface area contributed by atoms with Gasteiger partial charge in [-0.2, -0.15) is 0 Å². The smallest absolute Gasteiger partial charge is 0.164 e. The zero-order valence-corrected chi connectivity index (χ0v) is 36.5. The van der Waals surface area contributed by atoms with E-state index in [1.807, 2.05) is 36.4 Å². The number of aromatic nitrogens is 4. The predicted molar refractivity (Wildman–Crippen MR) is 278 cm³/mol. The fraction of sp³-hybridized carbons (Fsp3) is 0. The van der Waals surface area contributed by atoms with Crippen molar-refractivity contribution in [1.82, 2.24) is 19.5 Å². The van der Waals surface area contributed by atoms with Crippen molar-refractivity contribution in [3.63, 3.8) is 0 Å². The predicted octanol–water partition coefficient (Wildman–Crippen LogP) is 16.3.